The Balaban J connectivity index is 1.57. The van der Waals surface area contributed by atoms with E-state index in [0.29, 0.717) is 0 Å². The zero-order valence-electron chi connectivity index (χ0n) is 22.2. The van der Waals surface area contributed by atoms with Gasteiger partial charge in [-0.25, -0.2) is 9.97 Å². The minimum absolute atomic E-state index is 0.256. The minimum Gasteiger partial charge on any atom is -0.235 e. The summed E-state index contributed by atoms with van der Waals surface area (Å²) >= 11 is 1.82. The second-order valence-corrected chi connectivity index (χ2v) is 17.2. The molecule has 0 bridgehead atoms. The molecule has 0 amide bonds. The Morgan fingerprint density at radius 3 is 2.32 bits per heavy atom. The van der Waals surface area contributed by atoms with Gasteiger partial charge in [0.1, 0.15) is 14.4 Å². The van der Waals surface area contributed by atoms with Crippen LogP contribution in [0.15, 0.2) is 91.3 Å². The standard InChI is InChI=1S/C33H32N2SSi/c1-33(2,3)20-22-15-16-27-28(17-22)36-32-30(34-21-35-31(27)32)24-18-23-11-9-10-14-26(23)29(19-24)37(4,5)25-12-7-6-8-13-25/h6-19,21H,20H2,1-5H3. The third-order valence-corrected chi connectivity index (χ3v) is 12.0. The Morgan fingerprint density at radius 2 is 1.54 bits per heavy atom. The van der Waals surface area contributed by atoms with E-state index in [1.54, 1.807) is 6.33 Å². The maximum atomic E-state index is 4.87. The first kappa shape index (κ1) is 24.0. The van der Waals surface area contributed by atoms with Crippen LogP contribution >= 0.6 is 11.3 Å². The summed E-state index contributed by atoms with van der Waals surface area (Å²) in [5, 5.41) is 6.74. The molecule has 4 aromatic carbocycles. The van der Waals surface area contributed by atoms with Crippen LogP contribution in [0.3, 0.4) is 0 Å². The van der Waals surface area contributed by atoms with Crippen LogP contribution in [0.2, 0.25) is 13.1 Å². The average Bonchev–Trinajstić information content (AvgIpc) is 3.25. The van der Waals surface area contributed by atoms with Crippen molar-refractivity contribution in [3.05, 3.63) is 96.8 Å². The SMILES string of the molecule is CC(C)(C)Cc1ccc2c(c1)sc1c(-c3cc([Si](C)(C)c4ccccc4)c4ccccc4c3)ncnc12. The largest absolute Gasteiger partial charge is 0.235 e. The number of thiophene rings is 1. The van der Waals surface area contributed by atoms with Crippen molar-refractivity contribution in [1.29, 1.82) is 0 Å². The third kappa shape index (κ3) is 4.39. The maximum Gasteiger partial charge on any atom is 0.116 e. The fourth-order valence-corrected chi connectivity index (χ4v) is 9.51. The number of aromatic nitrogens is 2. The second kappa shape index (κ2) is 8.90. The molecule has 0 atom stereocenters. The first-order chi connectivity index (χ1) is 17.7. The normalized spacial score (nSPS) is 12.6. The van der Waals surface area contributed by atoms with Crippen LogP contribution < -0.4 is 10.4 Å². The lowest BCUT2D eigenvalue weighted by atomic mass is 9.88. The molecule has 0 fully saturated rings. The molecule has 4 heteroatoms. The van der Waals surface area contributed by atoms with Crippen molar-refractivity contribution in [2.24, 2.45) is 5.41 Å². The first-order valence-electron chi connectivity index (χ1n) is 13.0. The van der Waals surface area contributed by atoms with Crippen LogP contribution in [0.4, 0.5) is 0 Å². The fraction of sp³-hybridized carbons (Fsp3) is 0.212. The van der Waals surface area contributed by atoms with E-state index in [-0.39, 0.29) is 5.41 Å². The van der Waals surface area contributed by atoms with Crippen molar-refractivity contribution >= 4 is 60.9 Å². The van der Waals surface area contributed by atoms with Gasteiger partial charge in [0.2, 0.25) is 0 Å². The van der Waals surface area contributed by atoms with E-state index < -0.39 is 8.07 Å². The highest BCUT2D eigenvalue weighted by Gasteiger charge is 2.29. The van der Waals surface area contributed by atoms with Crippen LogP contribution in [-0.4, -0.2) is 18.0 Å². The Kier molecular flexibility index (Phi) is 5.77. The number of hydrogen-bond acceptors (Lipinski definition) is 3. The van der Waals surface area contributed by atoms with Crippen LogP contribution in [0.25, 0.3) is 42.3 Å². The summed E-state index contributed by atoms with van der Waals surface area (Å²) in [6.45, 7) is 11.8. The summed E-state index contributed by atoms with van der Waals surface area (Å²) in [4.78, 5) is 9.62. The quantitative estimate of drug-likeness (QED) is 0.221. The van der Waals surface area contributed by atoms with Gasteiger partial charge in [-0.1, -0.05) is 112 Å². The molecule has 0 N–H and O–H groups in total. The summed E-state index contributed by atoms with van der Waals surface area (Å²) in [7, 11) is -1.95. The average molecular weight is 517 g/mol. The van der Waals surface area contributed by atoms with Crippen molar-refractivity contribution in [1.82, 2.24) is 9.97 Å². The summed E-state index contributed by atoms with van der Waals surface area (Å²) in [5.41, 5.74) is 4.91. The van der Waals surface area contributed by atoms with Gasteiger partial charge in [-0.3, -0.25) is 0 Å². The molecule has 2 nitrogen and oxygen atoms in total. The lowest BCUT2D eigenvalue weighted by Crippen LogP contribution is -2.53. The van der Waals surface area contributed by atoms with E-state index >= 15 is 0 Å². The van der Waals surface area contributed by atoms with Crippen molar-refractivity contribution in [2.75, 3.05) is 0 Å². The summed E-state index contributed by atoms with van der Waals surface area (Å²) in [6, 6.07) is 31.4. The molecule has 2 heterocycles. The van der Waals surface area contributed by atoms with E-state index in [0.717, 1.165) is 17.6 Å². The van der Waals surface area contributed by atoms with E-state index in [9.17, 15) is 0 Å². The molecule has 0 unspecified atom stereocenters. The van der Waals surface area contributed by atoms with Crippen LogP contribution in [0, 0.1) is 5.41 Å². The summed E-state index contributed by atoms with van der Waals surface area (Å²) in [5.74, 6) is 0. The third-order valence-electron chi connectivity index (χ3n) is 7.36. The number of benzene rings is 4. The molecule has 184 valence electrons. The van der Waals surface area contributed by atoms with Crippen molar-refractivity contribution in [3.63, 3.8) is 0 Å². The minimum atomic E-state index is -1.95. The van der Waals surface area contributed by atoms with Crippen LogP contribution in [-0.2, 0) is 6.42 Å². The number of rotatable bonds is 4. The highest BCUT2D eigenvalue weighted by atomic mass is 32.1. The highest BCUT2D eigenvalue weighted by Crippen LogP contribution is 2.39. The van der Waals surface area contributed by atoms with Gasteiger partial charge in [0, 0.05) is 15.6 Å². The molecule has 6 aromatic rings. The molecule has 0 radical (unpaired) electrons. The highest BCUT2D eigenvalue weighted by molar-refractivity contribution is 7.26. The van der Waals surface area contributed by atoms with Gasteiger partial charge < -0.3 is 0 Å². The van der Waals surface area contributed by atoms with Crippen molar-refractivity contribution in [2.45, 2.75) is 40.3 Å². The zero-order valence-corrected chi connectivity index (χ0v) is 24.0. The van der Waals surface area contributed by atoms with Crippen LogP contribution in [0.5, 0.6) is 0 Å². The zero-order chi connectivity index (χ0) is 25.8. The number of hydrogen-bond donors (Lipinski definition) is 0. The summed E-state index contributed by atoms with van der Waals surface area (Å²) < 4.78 is 2.46. The van der Waals surface area contributed by atoms with Crippen molar-refractivity contribution in [3.8, 4) is 11.3 Å². The van der Waals surface area contributed by atoms with Gasteiger partial charge in [0.15, 0.2) is 0 Å². The molecule has 0 aliphatic heterocycles. The lowest BCUT2D eigenvalue weighted by molar-refractivity contribution is 0.411. The first-order valence-corrected chi connectivity index (χ1v) is 16.8. The monoisotopic (exact) mass is 516 g/mol. The van der Waals surface area contributed by atoms with Crippen LogP contribution in [0.1, 0.15) is 26.3 Å². The molecular formula is C33H32N2SSi. The summed E-state index contributed by atoms with van der Waals surface area (Å²) in [6.07, 6.45) is 2.80. The van der Waals surface area contributed by atoms with Gasteiger partial charge >= 0.3 is 0 Å². The molecule has 0 saturated heterocycles. The van der Waals surface area contributed by atoms with Gasteiger partial charge in [-0.2, -0.15) is 0 Å². The lowest BCUT2D eigenvalue weighted by Gasteiger charge is -2.26. The molecular weight excluding hydrogens is 485 g/mol. The molecule has 0 spiro atoms. The smallest absolute Gasteiger partial charge is 0.116 e. The predicted molar refractivity (Wildman–Crippen MR) is 164 cm³/mol. The molecule has 0 aliphatic rings. The topological polar surface area (TPSA) is 25.8 Å². The van der Waals surface area contributed by atoms with Gasteiger partial charge in [-0.05, 0) is 45.5 Å². The Bertz CT molecular complexity index is 1760. The molecule has 0 aliphatic carbocycles. The molecule has 6 rings (SSSR count). The Labute approximate surface area is 224 Å². The predicted octanol–water partition coefficient (Wildman–Crippen LogP) is 8.08. The molecule has 2 aromatic heterocycles. The van der Waals surface area contributed by atoms with E-state index in [2.05, 4.69) is 119 Å². The van der Waals surface area contributed by atoms with Gasteiger partial charge in [0.25, 0.3) is 0 Å². The number of fused-ring (bicyclic) bond motifs is 4. The van der Waals surface area contributed by atoms with E-state index in [4.69, 9.17) is 9.97 Å². The Morgan fingerprint density at radius 1 is 0.784 bits per heavy atom. The van der Waals surface area contributed by atoms with Gasteiger partial charge in [0.05, 0.1) is 15.9 Å². The second-order valence-electron chi connectivity index (χ2n) is 11.8. The molecule has 0 saturated carbocycles. The van der Waals surface area contributed by atoms with Crippen molar-refractivity contribution < 1.29 is 0 Å². The number of nitrogens with zero attached hydrogens (tertiary/aromatic N) is 2. The Hall–Kier alpha value is -3.34. The molecule has 37 heavy (non-hydrogen) atoms. The van der Waals surface area contributed by atoms with E-state index in [1.165, 1.54) is 47.1 Å². The maximum absolute atomic E-state index is 4.87. The van der Waals surface area contributed by atoms with Gasteiger partial charge in [-0.15, -0.1) is 11.3 Å². The fourth-order valence-electron chi connectivity index (χ4n) is 5.52. The van der Waals surface area contributed by atoms with E-state index in [1.807, 2.05) is 11.3 Å².